The zero-order valence-corrected chi connectivity index (χ0v) is 9.32. The SMILES string of the molecule is O=C1C=CC(=C2CCC2)N1CCOCCO. The van der Waals surface area contributed by atoms with Gasteiger partial charge >= 0.3 is 0 Å². The summed E-state index contributed by atoms with van der Waals surface area (Å²) < 4.78 is 5.18. The summed E-state index contributed by atoms with van der Waals surface area (Å²) in [6, 6.07) is 0. The summed E-state index contributed by atoms with van der Waals surface area (Å²) in [6.07, 6.45) is 6.98. The Kier molecular flexibility index (Phi) is 3.74. The van der Waals surface area contributed by atoms with Crippen molar-refractivity contribution in [1.29, 1.82) is 0 Å². The van der Waals surface area contributed by atoms with Gasteiger partial charge < -0.3 is 14.7 Å². The zero-order chi connectivity index (χ0) is 11.4. The summed E-state index contributed by atoms with van der Waals surface area (Å²) in [7, 11) is 0. The topological polar surface area (TPSA) is 49.8 Å². The Balaban J connectivity index is 1.89. The van der Waals surface area contributed by atoms with Crippen LogP contribution in [0, 0.1) is 0 Å². The molecule has 0 aromatic rings. The van der Waals surface area contributed by atoms with Crippen molar-refractivity contribution in [1.82, 2.24) is 4.90 Å². The maximum Gasteiger partial charge on any atom is 0.251 e. The minimum absolute atomic E-state index is 0.0279. The second-order valence-electron chi connectivity index (χ2n) is 4.00. The van der Waals surface area contributed by atoms with Crippen molar-refractivity contribution in [2.24, 2.45) is 0 Å². The first kappa shape index (κ1) is 11.4. The predicted octanol–water partition coefficient (Wildman–Crippen LogP) is 0.832. The Hall–Kier alpha value is -1.13. The van der Waals surface area contributed by atoms with Gasteiger partial charge in [-0.1, -0.05) is 0 Å². The van der Waals surface area contributed by atoms with E-state index >= 15 is 0 Å². The van der Waals surface area contributed by atoms with Crippen LogP contribution in [-0.4, -0.2) is 42.3 Å². The monoisotopic (exact) mass is 223 g/mol. The van der Waals surface area contributed by atoms with E-state index in [1.165, 1.54) is 12.0 Å². The maximum absolute atomic E-state index is 11.6. The fraction of sp³-hybridized carbons (Fsp3) is 0.583. The van der Waals surface area contributed by atoms with Crippen LogP contribution in [0.15, 0.2) is 23.4 Å². The number of carbonyl (C=O) groups is 1. The first-order valence-corrected chi connectivity index (χ1v) is 5.73. The van der Waals surface area contributed by atoms with Gasteiger partial charge in [-0.2, -0.15) is 0 Å². The van der Waals surface area contributed by atoms with Crippen LogP contribution in [-0.2, 0) is 9.53 Å². The summed E-state index contributed by atoms with van der Waals surface area (Å²) in [5.41, 5.74) is 2.45. The highest BCUT2D eigenvalue weighted by atomic mass is 16.5. The van der Waals surface area contributed by atoms with Gasteiger partial charge in [-0.05, 0) is 30.9 Å². The third-order valence-electron chi connectivity index (χ3n) is 2.95. The van der Waals surface area contributed by atoms with E-state index in [1.807, 2.05) is 6.08 Å². The summed E-state index contributed by atoms with van der Waals surface area (Å²) in [5, 5.41) is 8.57. The summed E-state index contributed by atoms with van der Waals surface area (Å²) in [4.78, 5) is 13.4. The summed E-state index contributed by atoms with van der Waals surface area (Å²) in [5.74, 6) is 0.0435. The van der Waals surface area contributed by atoms with Crippen LogP contribution >= 0.6 is 0 Å². The van der Waals surface area contributed by atoms with Gasteiger partial charge in [0.15, 0.2) is 0 Å². The van der Waals surface area contributed by atoms with Crippen molar-refractivity contribution in [2.75, 3.05) is 26.4 Å². The Morgan fingerprint density at radius 3 is 2.75 bits per heavy atom. The zero-order valence-electron chi connectivity index (χ0n) is 9.32. The standard InChI is InChI=1S/C12H17NO3/c14-7-9-16-8-6-13-11(4-5-12(13)15)10-2-1-3-10/h4-5,14H,1-3,6-9H2. The smallest absolute Gasteiger partial charge is 0.251 e. The Morgan fingerprint density at radius 2 is 2.12 bits per heavy atom. The van der Waals surface area contributed by atoms with Crippen molar-refractivity contribution >= 4 is 5.91 Å². The first-order chi connectivity index (χ1) is 7.83. The molecule has 0 bridgehead atoms. The number of hydrogen-bond acceptors (Lipinski definition) is 3. The minimum atomic E-state index is 0.0279. The number of nitrogens with zero attached hydrogens (tertiary/aromatic N) is 1. The van der Waals surface area contributed by atoms with Crippen LogP contribution in [0.4, 0.5) is 0 Å². The molecule has 1 fully saturated rings. The van der Waals surface area contributed by atoms with Gasteiger partial charge in [0.05, 0.1) is 19.8 Å². The van der Waals surface area contributed by atoms with E-state index in [2.05, 4.69) is 0 Å². The lowest BCUT2D eigenvalue weighted by Gasteiger charge is -2.25. The molecule has 2 aliphatic rings. The molecule has 0 unspecified atom stereocenters. The molecule has 0 aromatic carbocycles. The van der Waals surface area contributed by atoms with Crippen LogP contribution in [0.3, 0.4) is 0 Å². The van der Waals surface area contributed by atoms with Gasteiger partial charge in [0.25, 0.3) is 5.91 Å². The molecule has 1 saturated carbocycles. The van der Waals surface area contributed by atoms with Crippen molar-refractivity contribution in [3.8, 4) is 0 Å². The van der Waals surface area contributed by atoms with E-state index in [0.717, 1.165) is 18.5 Å². The molecule has 1 heterocycles. The fourth-order valence-electron chi connectivity index (χ4n) is 1.92. The van der Waals surface area contributed by atoms with Gasteiger partial charge in [-0.25, -0.2) is 0 Å². The van der Waals surface area contributed by atoms with Crippen LogP contribution in [0.5, 0.6) is 0 Å². The molecule has 0 radical (unpaired) electrons. The van der Waals surface area contributed by atoms with E-state index in [1.54, 1.807) is 11.0 Å². The maximum atomic E-state index is 11.6. The molecule has 1 aliphatic carbocycles. The number of aliphatic hydroxyl groups is 1. The molecule has 0 aromatic heterocycles. The van der Waals surface area contributed by atoms with Crippen molar-refractivity contribution in [3.63, 3.8) is 0 Å². The Morgan fingerprint density at radius 1 is 1.31 bits per heavy atom. The molecule has 0 saturated heterocycles. The Bertz CT molecular complexity index is 327. The van der Waals surface area contributed by atoms with Gasteiger partial charge in [0.2, 0.25) is 0 Å². The molecule has 0 atom stereocenters. The predicted molar refractivity (Wildman–Crippen MR) is 59.6 cm³/mol. The quantitative estimate of drug-likeness (QED) is 0.702. The normalized spacial score (nSPS) is 19.6. The lowest BCUT2D eigenvalue weighted by Crippen LogP contribution is -2.29. The third kappa shape index (κ3) is 2.33. The molecule has 4 nitrogen and oxygen atoms in total. The van der Waals surface area contributed by atoms with Gasteiger partial charge in [0.1, 0.15) is 0 Å². The molecular formula is C12H17NO3. The average molecular weight is 223 g/mol. The lowest BCUT2D eigenvalue weighted by atomic mass is 9.90. The highest BCUT2D eigenvalue weighted by Crippen LogP contribution is 2.32. The summed E-state index contributed by atoms with van der Waals surface area (Å²) >= 11 is 0. The van der Waals surface area contributed by atoms with E-state index < -0.39 is 0 Å². The van der Waals surface area contributed by atoms with Crippen LogP contribution < -0.4 is 0 Å². The Labute approximate surface area is 95.2 Å². The molecule has 88 valence electrons. The van der Waals surface area contributed by atoms with E-state index in [9.17, 15) is 4.79 Å². The molecule has 2 rings (SSSR count). The number of allylic oxidation sites excluding steroid dienone is 2. The number of ether oxygens (including phenoxy) is 1. The lowest BCUT2D eigenvalue weighted by molar-refractivity contribution is -0.124. The highest BCUT2D eigenvalue weighted by Gasteiger charge is 2.25. The van der Waals surface area contributed by atoms with Gasteiger partial charge in [-0.15, -0.1) is 0 Å². The molecule has 0 spiro atoms. The number of rotatable bonds is 5. The number of aliphatic hydroxyl groups excluding tert-OH is 1. The number of carbonyl (C=O) groups excluding carboxylic acids is 1. The highest BCUT2D eigenvalue weighted by molar-refractivity contribution is 5.93. The number of amides is 1. The second-order valence-corrected chi connectivity index (χ2v) is 4.00. The van der Waals surface area contributed by atoms with Crippen LogP contribution in [0.1, 0.15) is 19.3 Å². The number of hydrogen-bond donors (Lipinski definition) is 1. The molecule has 1 amide bonds. The third-order valence-corrected chi connectivity index (χ3v) is 2.95. The van der Waals surface area contributed by atoms with Crippen LogP contribution in [0.2, 0.25) is 0 Å². The van der Waals surface area contributed by atoms with Crippen molar-refractivity contribution in [2.45, 2.75) is 19.3 Å². The van der Waals surface area contributed by atoms with Crippen molar-refractivity contribution in [3.05, 3.63) is 23.4 Å². The molecule has 1 aliphatic heterocycles. The van der Waals surface area contributed by atoms with E-state index in [4.69, 9.17) is 9.84 Å². The van der Waals surface area contributed by atoms with E-state index in [0.29, 0.717) is 19.8 Å². The largest absolute Gasteiger partial charge is 0.394 e. The van der Waals surface area contributed by atoms with Gasteiger partial charge in [-0.3, -0.25) is 4.79 Å². The minimum Gasteiger partial charge on any atom is -0.394 e. The molecule has 16 heavy (non-hydrogen) atoms. The molecule has 1 N–H and O–H groups in total. The van der Waals surface area contributed by atoms with Crippen LogP contribution in [0.25, 0.3) is 0 Å². The summed E-state index contributed by atoms with van der Waals surface area (Å²) in [6.45, 7) is 1.41. The molecular weight excluding hydrogens is 206 g/mol. The van der Waals surface area contributed by atoms with Gasteiger partial charge in [0, 0.05) is 18.3 Å². The first-order valence-electron chi connectivity index (χ1n) is 5.73. The van der Waals surface area contributed by atoms with E-state index in [-0.39, 0.29) is 12.5 Å². The fourth-order valence-corrected chi connectivity index (χ4v) is 1.92. The average Bonchev–Trinajstić information content (AvgIpc) is 2.54. The second kappa shape index (κ2) is 5.27. The van der Waals surface area contributed by atoms with Crippen molar-refractivity contribution < 1.29 is 14.6 Å². The molecule has 4 heteroatoms.